The fourth-order valence-corrected chi connectivity index (χ4v) is 5.44. The molecule has 0 fully saturated rings. The first-order valence-electron chi connectivity index (χ1n) is 9.83. The van der Waals surface area contributed by atoms with Crippen molar-refractivity contribution in [3.8, 4) is 17.0 Å². The summed E-state index contributed by atoms with van der Waals surface area (Å²) in [7, 11) is 0. The van der Waals surface area contributed by atoms with Crippen LogP contribution in [0.2, 0.25) is 0 Å². The first kappa shape index (κ1) is 19.0. The summed E-state index contributed by atoms with van der Waals surface area (Å²) in [6, 6.07) is 17.0. The van der Waals surface area contributed by atoms with Gasteiger partial charge in [-0.3, -0.25) is 9.36 Å². The SMILES string of the molecule is O=c1c2c(-c3ccco3)csc2nc(SCc2cn3ncccc3n2)n1-c1ccccc1. The molecule has 6 aromatic rings. The fraction of sp³-hybridized carbons (Fsp3) is 0.0435. The van der Waals surface area contributed by atoms with Crippen LogP contribution in [0.15, 0.2) is 93.0 Å². The van der Waals surface area contributed by atoms with Crippen molar-refractivity contribution in [2.45, 2.75) is 10.9 Å². The van der Waals surface area contributed by atoms with Gasteiger partial charge >= 0.3 is 0 Å². The molecule has 0 aliphatic carbocycles. The molecule has 0 N–H and O–H groups in total. The van der Waals surface area contributed by atoms with E-state index < -0.39 is 0 Å². The van der Waals surface area contributed by atoms with Crippen LogP contribution in [-0.4, -0.2) is 24.1 Å². The lowest BCUT2D eigenvalue weighted by molar-refractivity contribution is 0.583. The van der Waals surface area contributed by atoms with Crippen molar-refractivity contribution >= 4 is 39.0 Å². The van der Waals surface area contributed by atoms with Gasteiger partial charge in [-0.25, -0.2) is 14.5 Å². The molecule has 5 heterocycles. The second-order valence-electron chi connectivity index (χ2n) is 7.02. The van der Waals surface area contributed by atoms with Gasteiger partial charge in [0, 0.05) is 22.9 Å². The summed E-state index contributed by atoms with van der Waals surface area (Å²) < 4.78 is 8.97. The number of furan rings is 1. The minimum atomic E-state index is -0.118. The van der Waals surface area contributed by atoms with E-state index in [9.17, 15) is 4.79 Å². The van der Waals surface area contributed by atoms with Crippen LogP contribution in [0.1, 0.15) is 5.69 Å². The number of thioether (sulfide) groups is 1. The summed E-state index contributed by atoms with van der Waals surface area (Å²) in [5.74, 6) is 1.22. The summed E-state index contributed by atoms with van der Waals surface area (Å²) in [5.41, 5.74) is 3.06. The number of benzene rings is 1. The summed E-state index contributed by atoms with van der Waals surface area (Å²) >= 11 is 2.92. The number of rotatable bonds is 5. The predicted octanol–water partition coefficient (Wildman–Crippen LogP) is 5.04. The fourth-order valence-electron chi connectivity index (χ4n) is 3.58. The van der Waals surface area contributed by atoms with E-state index in [0.29, 0.717) is 26.9 Å². The molecule has 7 nitrogen and oxygen atoms in total. The zero-order valence-corrected chi connectivity index (χ0v) is 18.2. The zero-order chi connectivity index (χ0) is 21.5. The van der Waals surface area contributed by atoms with Crippen LogP contribution < -0.4 is 5.56 Å². The Labute approximate surface area is 190 Å². The van der Waals surface area contributed by atoms with Gasteiger partial charge in [0.05, 0.1) is 29.2 Å². The van der Waals surface area contributed by atoms with Gasteiger partial charge < -0.3 is 4.42 Å². The highest BCUT2D eigenvalue weighted by molar-refractivity contribution is 7.98. The molecule has 0 aliphatic heterocycles. The number of nitrogens with zero attached hydrogens (tertiary/aromatic N) is 5. The summed E-state index contributed by atoms with van der Waals surface area (Å²) in [6.07, 6.45) is 5.23. The van der Waals surface area contributed by atoms with Crippen LogP contribution in [-0.2, 0) is 5.75 Å². The van der Waals surface area contributed by atoms with Gasteiger partial charge in [0.25, 0.3) is 5.56 Å². The van der Waals surface area contributed by atoms with Crippen molar-refractivity contribution in [1.82, 2.24) is 24.1 Å². The van der Waals surface area contributed by atoms with Crippen molar-refractivity contribution in [3.05, 3.63) is 94.7 Å². The molecule has 156 valence electrons. The standard InChI is InChI=1S/C23H15N5O2S2/c29-22-20-17(18-8-5-11-30-18)14-31-21(20)26-23(28(22)16-6-2-1-3-7-16)32-13-15-12-27-19(25-15)9-4-10-24-27/h1-12,14H,13H2. The Morgan fingerprint density at radius 3 is 2.75 bits per heavy atom. The molecule has 0 aliphatic rings. The Bertz CT molecular complexity index is 1570. The van der Waals surface area contributed by atoms with Crippen molar-refractivity contribution < 1.29 is 4.42 Å². The van der Waals surface area contributed by atoms with E-state index in [1.165, 1.54) is 23.1 Å². The highest BCUT2D eigenvalue weighted by atomic mass is 32.2. The van der Waals surface area contributed by atoms with E-state index in [-0.39, 0.29) is 5.56 Å². The maximum atomic E-state index is 13.7. The Kier molecular flexibility index (Phi) is 4.62. The van der Waals surface area contributed by atoms with Crippen molar-refractivity contribution in [3.63, 3.8) is 0 Å². The van der Waals surface area contributed by atoms with E-state index in [1.54, 1.807) is 21.5 Å². The number of fused-ring (bicyclic) bond motifs is 2. The Balaban J connectivity index is 1.48. The van der Waals surface area contributed by atoms with Gasteiger partial charge in [-0.05, 0) is 36.4 Å². The van der Waals surface area contributed by atoms with Crippen molar-refractivity contribution in [1.29, 1.82) is 0 Å². The Morgan fingerprint density at radius 1 is 1.03 bits per heavy atom. The van der Waals surface area contributed by atoms with Crippen LogP contribution in [0.25, 0.3) is 32.9 Å². The number of hydrogen-bond acceptors (Lipinski definition) is 7. The Morgan fingerprint density at radius 2 is 1.94 bits per heavy atom. The topological polar surface area (TPSA) is 78.2 Å². The lowest BCUT2D eigenvalue weighted by Gasteiger charge is -2.12. The quantitative estimate of drug-likeness (QED) is 0.267. The van der Waals surface area contributed by atoms with Crippen LogP contribution in [0.5, 0.6) is 0 Å². The molecule has 32 heavy (non-hydrogen) atoms. The van der Waals surface area contributed by atoms with Gasteiger partial charge in [-0.2, -0.15) is 5.10 Å². The molecule has 0 saturated heterocycles. The van der Waals surface area contributed by atoms with E-state index in [2.05, 4.69) is 10.1 Å². The summed E-state index contributed by atoms with van der Waals surface area (Å²) in [4.78, 5) is 23.9. The third-order valence-corrected chi connectivity index (χ3v) is 6.86. The maximum Gasteiger partial charge on any atom is 0.268 e. The van der Waals surface area contributed by atoms with Crippen molar-refractivity contribution in [2.24, 2.45) is 0 Å². The number of aromatic nitrogens is 5. The first-order valence-corrected chi connectivity index (χ1v) is 11.7. The van der Waals surface area contributed by atoms with E-state index in [4.69, 9.17) is 9.40 Å². The van der Waals surface area contributed by atoms with Crippen LogP contribution in [0.3, 0.4) is 0 Å². The number of para-hydroxylation sites is 1. The van der Waals surface area contributed by atoms with Gasteiger partial charge in [-0.1, -0.05) is 30.0 Å². The minimum absolute atomic E-state index is 0.118. The predicted molar refractivity (Wildman–Crippen MR) is 125 cm³/mol. The number of hydrogen-bond donors (Lipinski definition) is 0. The molecule has 0 atom stereocenters. The molecular formula is C23H15N5O2S2. The molecule has 6 rings (SSSR count). The third-order valence-electron chi connectivity index (χ3n) is 5.01. The highest BCUT2D eigenvalue weighted by Gasteiger charge is 2.20. The van der Waals surface area contributed by atoms with E-state index in [1.807, 2.05) is 66.2 Å². The maximum absolute atomic E-state index is 13.7. The second-order valence-corrected chi connectivity index (χ2v) is 8.83. The van der Waals surface area contributed by atoms with Gasteiger partial charge in [0.2, 0.25) is 0 Å². The van der Waals surface area contributed by atoms with Crippen LogP contribution in [0.4, 0.5) is 0 Å². The molecule has 0 amide bonds. The summed E-state index contributed by atoms with van der Waals surface area (Å²) in [6.45, 7) is 0. The lowest BCUT2D eigenvalue weighted by Crippen LogP contribution is -2.21. The van der Waals surface area contributed by atoms with E-state index >= 15 is 0 Å². The first-order chi connectivity index (χ1) is 15.8. The second kappa shape index (κ2) is 7.77. The largest absolute Gasteiger partial charge is 0.464 e. The van der Waals surface area contributed by atoms with E-state index in [0.717, 1.165) is 22.6 Å². The minimum Gasteiger partial charge on any atom is -0.464 e. The molecular weight excluding hydrogens is 442 g/mol. The van der Waals surface area contributed by atoms with Gasteiger partial charge in [0.1, 0.15) is 10.6 Å². The average Bonchev–Trinajstić information content (AvgIpc) is 3.57. The lowest BCUT2D eigenvalue weighted by atomic mass is 10.2. The molecule has 0 bridgehead atoms. The Hall–Kier alpha value is -3.69. The van der Waals surface area contributed by atoms with Gasteiger partial charge in [0.15, 0.2) is 10.8 Å². The molecule has 5 aromatic heterocycles. The van der Waals surface area contributed by atoms with Crippen LogP contribution in [0, 0.1) is 0 Å². The third kappa shape index (κ3) is 3.22. The molecule has 0 radical (unpaired) electrons. The normalized spacial score (nSPS) is 11.5. The van der Waals surface area contributed by atoms with Crippen LogP contribution >= 0.6 is 23.1 Å². The van der Waals surface area contributed by atoms with Gasteiger partial charge in [-0.15, -0.1) is 11.3 Å². The van der Waals surface area contributed by atoms with Crippen molar-refractivity contribution in [2.75, 3.05) is 0 Å². The zero-order valence-electron chi connectivity index (χ0n) is 16.6. The monoisotopic (exact) mass is 457 g/mol. The number of imidazole rings is 1. The molecule has 0 unspecified atom stereocenters. The molecule has 9 heteroatoms. The average molecular weight is 458 g/mol. The smallest absolute Gasteiger partial charge is 0.268 e. The highest BCUT2D eigenvalue weighted by Crippen LogP contribution is 2.33. The molecule has 0 spiro atoms. The molecule has 1 aromatic carbocycles. The molecule has 0 saturated carbocycles. The number of thiophene rings is 1. The summed E-state index contributed by atoms with van der Waals surface area (Å²) in [5, 5.41) is 7.38.